The molecule has 0 saturated carbocycles. The molecular formula is C11H23NO3S. The third-order valence-corrected chi connectivity index (χ3v) is 3.67. The van der Waals surface area contributed by atoms with Crippen molar-refractivity contribution in [3.8, 4) is 0 Å². The highest BCUT2D eigenvalue weighted by Gasteiger charge is 2.34. The Morgan fingerprint density at radius 2 is 2.19 bits per heavy atom. The van der Waals surface area contributed by atoms with Crippen LogP contribution in [0.1, 0.15) is 27.7 Å². The molecule has 0 aromatic carbocycles. The van der Waals surface area contributed by atoms with Crippen LogP contribution in [0.4, 0.5) is 0 Å². The van der Waals surface area contributed by atoms with Crippen molar-refractivity contribution in [3.05, 3.63) is 0 Å². The molecule has 0 bridgehead atoms. The molecule has 4 nitrogen and oxygen atoms in total. The van der Waals surface area contributed by atoms with Gasteiger partial charge in [-0.15, -0.1) is 0 Å². The number of carbonyl (C=O) groups excluding carboxylic acids is 1. The van der Waals surface area contributed by atoms with Crippen LogP contribution < -0.4 is 5.32 Å². The highest BCUT2D eigenvalue weighted by molar-refractivity contribution is 8.00. The molecule has 0 heterocycles. The third kappa shape index (κ3) is 5.18. The fourth-order valence-corrected chi connectivity index (χ4v) is 2.17. The molecule has 2 atom stereocenters. The first-order chi connectivity index (χ1) is 7.50. The summed E-state index contributed by atoms with van der Waals surface area (Å²) in [5.41, 5.74) is -0.668. The Labute approximate surface area is 102 Å². The Morgan fingerprint density at radius 1 is 1.56 bits per heavy atom. The van der Waals surface area contributed by atoms with Gasteiger partial charge >= 0.3 is 5.97 Å². The highest BCUT2D eigenvalue weighted by atomic mass is 32.2. The Hall–Kier alpha value is -0.260. The van der Waals surface area contributed by atoms with Crippen molar-refractivity contribution in [2.75, 3.05) is 25.5 Å². The van der Waals surface area contributed by atoms with Gasteiger partial charge in [0, 0.05) is 11.0 Å². The van der Waals surface area contributed by atoms with Crippen LogP contribution >= 0.6 is 11.8 Å². The molecule has 0 spiro atoms. The second kappa shape index (κ2) is 7.92. The zero-order chi connectivity index (χ0) is 12.6. The molecule has 0 aliphatic heterocycles. The molecule has 0 aliphatic rings. The van der Waals surface area contributed by atoms with E-state index in [0.717, 1.165) is 0 Å². The molecule has 5 heteroatoms. The van der Waals surface area contributed by atoms with Crippen molar-refractivity contribution >= 4 is 17.7 Å². The maximum absolute atomic E-state index is 11.8. The molecule has 0 aromatic rings. The quantitative estimate of drug-likeness (QED) is 0.629. The number of aliphatic hydroxyl groups is 1. The van der Waals surface area contributed by atoms with Crippen molar-refractivity contribution in [1.29, 1.82) is 0 Å². The number of esters is 1. The molecule has 0 aliphatic carbocycles. The van der Waals surface area contributed by atoms with Crippen LogP contribution in [0.2, 0.25) is 0 Å². The van der Waals surface area contributed by atoms with Crippen molar-refractivity contribution in [3.63, 3.8) is 0 Å². The van der Waals surface area contributed by atoms with E-state index < -0.39 is 5.54 Å². The smallest absolute Gasteiger partial charge is 0.326 e. The third-order valence-electron chi connectivity index (χ3n) is 2.21. The summed E-state index contributed by atoms with van der Waals surface area (Å²) in [5.74, 6) is 0.371. The summed E-state index contributed by atoms with van der Waals surface area (Å²) in [6.07, 6.45) is 0. The van der Waals surface area contributed by atoms with Crippen molar-refractivity contribution in [2.24, 2.45) is 0 Å². The van der Waals surface area contributed by atoms with Gasteiger partial charge in [-0.2, -0.15) is 11.8 Å². The summed E-state index contributed by atoms with van der Waals surface area (Å²) in [6.45, 7) is 8.75. The van der Waals surface area contributed by atoms with Gasteiger partial charge in [-0.1, -0.05) is 13.8 Å². The summed E-state index contributed by atoms with van der Waals surface area (Å²) in [4.78, 5) is 11.8. The van der Waals surface area contributed by atoms with E-state index in [1.54, 1.807) is 18.7 Å². The molecule has 0 aromatic heterocycles. The Balaban J connectivity index is 4.37. The minimum Gasteiger partial charge on any atom is -0.465 e. The Morgan fingerprint density at radius 3 is 2.62 bits per heavy atom. The first kappa shape index (κ1) is 15.7. The summed E-state index contributed by atoms with van der Waals surface area (Å²) in [7, 11) is 0. The first-order valence-corrected chi connectivity index (χ1v) is 6.69. The second-order valence-corrected chi connectivity index (χ2v) is 5.31. The number of hydrogen-bond acceptors (Lipinski definition) is 5. The van der Waals surface area contributed by atoms with Crippen molar-refractivity contribution in [1.82, 2.24) is 5.32 Å². The Bertz CT molecular complexity index is 213. The molecule has 0 radical (unpaired) electrons. The van der Waals surface area contributed by atoms with Gasteiger partial charge in [0.05, 0.1) is 13.2 Å². The lowest BCUT2D eigenvalue weighted by Crippen LogP contribution is -2.52. The number of thioether (sulfide) groups is 1. The largest absolute Gasteiger partial charge is 0.465 e. The van der Waals surface area contributed by atoms with Gasteiger partial charge in [0.25, 0.3) is 0 Å². The molecule has 2 unspecified atom stereocenters. The molecule has 0 fully saturated rings. The van der Waals surface area contributed by atoms with Crippen LogP contribution in [-0.4, -0.2) is 47.4 Å². The minimum atomic E-state index is -0.668. The number of hydrogen-bond donors (Lipinski definition) is 2. The van der Waals surface area contributed by atoms with E-state index in [9.17, 15) is 4.79 Å². The zero-order valence-corrected chi connectivity index (χ0v) is 11.4. The van der Waals surface area contributed by atoms with Crippen LogP contribution in [0, 0.1) is 0 Å². The molecule has 0 rings (SSSR count). The number of rotatable bonds is 8. The molecule has 2 N–H and O–H groups in total. The van der Waals surface area contributed by atoms with E-state index >= 15 is 0 Å². The summed E-state index contributed by atoms with van der Waals surface area (Å²) in [6, 6.07) is 0. The van der Waals surface area contributed by atoms with Crippen molar-refractivity contribution < 1.29 is 14.6 Å². The van der Waals surface area contributed by atoms with E-state index in [1.807, 2.05) is 20.8 Å². The maximum Gasteiger partial charge on any atom is 0.326 e. The van der Waals surface area contributed by atoms with Crippen LogP contribution in [0.25, 0.3) is 0 Å². The topological polar surface area (TPSA) is 58.6 Å². The van der Waals surface area contributed by atoms with Gasteiger partial charge in [-0.25, -0.2) is 0 Å². The summed E-state index contributed by atoms with van der Waals surface area (Å²) in [5, 5.41) is 12.2. The monoisotopic (exact) mass is 249 g/mol. The van der Waals surface area contributed by atoms with Crippen LogP contribution in [0.3, 0.4) is 0 Å². The number of carbonyl (C=O) groups is 1. The number of likely N-dealkylation sites (N-methyl/N-ethyl adjacent to an activating group) is 1. The van der Waals surface area contributed by atoms with Gasteiger partial charge in [-0.3, -0.25) is 4.79 Å². The standard InChI is InChI=1S/C11H23NO3S/c1-5-12-11(4,10(14)15-6-2)8-16-9(3)7-13/h9,12-13H,5-8H2,1-4H3. The second-order valence-electron chi connectivity index (χ2n) is 3.89. The lowest BCUT2D eigenvalue weighted by Gasteiger charge is -2.28. The molecule has 16 heavy (non-hydrogen) atoms. The molecule has 0 amide bonds. The first-order valence-electron chi connectivity index (χ1n) is 5.64. The van der Waals surface area contributed by atoms with Crippen LogP contribution in [-0.2, 0) is 9.53 Å². The average molecular weight is 249 g/mol. The minimum absolute atomic E-state index is 0.121. The van der Waals surface area contributed by atoms with E-state index in [1.165, 1.54) is 0 Å². The average Bonchev–Trinajstić information content (AvgIpc) is 2.26. The fraction of sp³-hybridized carbons (Fsp3) is 0.909. The highest BCUT2D eigenvalue weighted by Crippen LogP contribution is 2.19. The normalized spacial score (nSPS) is 16.6. The predicted octanol–water partition coefficient (Wildman–Crippen LogP) is 1.03. The van der Waals surface area contributed by atoms with Gasteiger partial charge in [0.15, 0.2) is 0 Å². The Kier molecular flexibility index (Phi) is 7.80. The lowest BCUT2D eigenvalue weighted by atomic mass is 10.1. The van der Waals surface area contributed by atoms with Crippen LogP contribution in [0.15, 0.2) is 0 Å². The van der Waals surface area contributed by atoms with E-state index in [4.69, 9.17) is 9.84 Å². The predicted molar refractivity (Wildman–Crippen MR) is 67.7 cm³/mol. The van der Waals surface area contributed by atoms with Gasteiger partial charge < -0.3 is 15.2 Å². The number of nitrogens with one attached hydrogen (secondary N) is 1. The summed E-state index contributed by atoms with van der Waals surface area (Å²) < 4.78 is 5.05. The van der Waals surface area contributed by atoms with E-state index in [2.05, 4.69) is 5.32 Å². The lowest BCUT2D eigenvalue weighted by molar-refractivity contribution is -0.149. The van der Waals surface area contributed by atoms with Gasteiger partial charge in [-0.05, 0) is 20.4 Å². The van der Waals surface area contributed by atoms with E-state index in [-0.39, 0.29) is 17.8 Å². The van der Waals surface area contributed by atoms with Gasteiger partial charge in [0.2, 0.25) is 0 Å². The maximum atomic E-state index is 11.8. The molecule has 96 valence electrons. The van der Waals surface area contributed by atoms with E-state index in [0.29, 0.717) is 18.9 Å². The molecular weight excluding hydrogens is 226 g/mol. The summed E-state index contributed by atoms with van der Waals surface area (Å²) >= 11 is 1.56. The van der Waals surface area contributed by atoms with Crippen molar-refractivity contribution in [2.45, 2.75) is 38.5 Å². The van der Waals surface area contributed by atoms with Gasteiger partial charge in [0.1, 0.15) is 5.54 Å². The molecule has 0 saturated heterocycles. The van der Waals surface area contributed by atoms with Crippen LogP contribution in [0.5, 0.6) is 0 Å². The number of ether oxygens (including phenoxy) is 1. The number of aliphatic hydroxyl groups excluding tert-OH is 1. The zero-order valence-electron chi connectivity index (χ0n) is 10.6. The SMILES string of the molecule is CCNC(C)(CSC(C)CO)C(=O)OCC. The fourth-order valence-electron chi connectivity index (χ4n) is 1.22.